The molecule has 2 N–H and O–H groups in total. The van der Waals surface area contributed by atoms with Gasteiger partial charge in [-0.25, -0.2) is 0 Å². The molecule has 0 atom stereocenters. The van der Waals surface area contributed by atoms with Crippen molar-refractivity contribution < 1.29 is 9.84 Å². The number of nitrogens with one attached hydrogen (secondary N) is 1. The van der Waals surface area contributed by atoms with E-state index in [9.17, 15) is 9.90 Å². The summed E-state index contributed by atoms with van der Waals surface area (Å²) in [6.45, 7) is 2.09. The summed E-state index contributed by atoms with van der Waals surface area (Å²) in [5.74, 6) is 0.586. The Kier molecular flexibility index (Phi) is 3.35. The van der Waals surface area contributed by atoms with Crippen molar-refractivity contribution in [3.8, 4) is 11.6 Å². The highest BCUT2D eigenvalue weighted by atomic mass is 16.5. The summed E-state index contributed by atoms with van der Waals surface area (Å²) in [5.41, 5.74) is 1.14. The van der Waals surface area contributed by atoms with Gasteiger partial charge in [0.15, 0.2) is 0 Å². The number of H-pyrrole nitrogens is 1. The van der Waals surface area contributed by atoms with Gasteiger partial charge in [-0.3, -0.25) is 4.79 Å². The quantitative estimate of drug-likeness (QED) is 0.764. The molecule has 6 heteroatoms. The maximum absolute atomic E-state index is 12.0. The van der Waals surface area contributed by atoms with E-state index < -0.39 is 0 Å². The fourth-order valence-electron chi connectivity index (χ4n) is 2.18. The van der Waals surface area contributed by atoms with Gasteiger partial charge in [0.25, 0.3) is 5.56 Å². The number of nitrogens with zero attached hydrogens (tertiary/aromatic N) is 2. The molecule has 0 fully saturated rings. The van der Waals surface area contributed by atoms with Crippen molar-refractivity contribution in [2.75, 3.05) is 6.61 Å². The fourth-order valence-corrected chi connectivity index (χ4v) is 2.18. The minimum atomic E-state index is -0.323. The number of benzene rings is 1. The van der Waals surface area contributed by atoms with Crippen LogP contribution in [0.15, 0.2) is 41.2 Å². The fraction of sp³-hybridized carbons (Fsp3) is 0.200. The largest absolute Gasteiger partial charge is 0.493 e. The summed E-state index contributed by atoms with van der Waals surface area (Å²) in [6, 6.07) is 11.0. The Morgan fingerprint density at radius 1 is 1.33 bits per heavy atom. The molecule has 0 aliphatic heterocycles. The first-order valence-corrected chi connectivity index (χ1v) is 6.63. The predicted molar refractivity (Wildman–Crippen MR) is 77.9 cm³/mol. The average molecular weight is 285 g/mol. The van der Waals surface area contributed by atoms with Gasteiger partial charge in [-0.15, -0.1) is 0 Å². The summed E-state index contributed by atoms with van der Waals surface area (Å²) >= 11 is 0. The molecule has 2 heterocycles. The zero-order valence-electron chi connectivity index (χ0n) is 11.5. The molecule has 0 spiro atoms. The molecule has 0 radical (unpaired) electrons. The van der Waals surface area contributed by atoms with Gasteiger partial charge in [0, 0.05) is 12.5 Å². The van der Waals surface area contributed by atoms with Gasteiger partial charge in [-0.1, -0.05) is 18.2 Å². The van der Waals surface area contributed by atoms with E-state index in [1.165, 1.54) is 4.52 Å². The van der Waals surface area contributed by atoms with Crippen LogP contribution in [0.3, 0.4) is 0 Å². The lowest BCUT2D eigenvalue weighted by Crippen LogP contribution is -2.18. The van der Waals surface area contributed by atoms with Crippen LogP contribution in [0.25, 0.3) is 5.65 Å². The number of rotatable bonds is 4. The summed E-state index contributed by atoms with van der Waals surface area (Å²) < 4.78 is 6.87. The first kappa shape index (κ1) is 13.2. The Hall–Kier alpha value is -2.76. The molecule has 0 unspecified atom stereocenters. The number of aromatic hydroxyl groups is 1. The number of aromatic nitrogens is 3. The molecule has 0 aliphatic rings. The minimum absolute atomic E-state index is 0.140. The van der Waals surface area contributed by atoms with Crippen LogP contribution in [0, 0.1) is 6.92 Å². The Morgan fingerprint density at radius 2 is 2.10 bits per heavy atom. The second-order valence-corrected chi connectivity index (χ2v) is 4.75. The van der Waals surface area contributed by atoms with Gasteiger partial charge in [0.05, 0.1) is 17.9 Å². The average Bonchev–Trinajstić information content (AvgIpc) is 2.84. The zero-order chi connectivity index (χ0) is 14.8. The number of para-hydroxylation sites is 1. The molecule has 1 aromatic carbocycles. The lowest BCUT2D eigenvalue weighted by atomic mass is 10.2. The number of aryl methyl sites for hydroxylation is 1. The number of aromatic amines is 1. The molecule has 3 rings (SSSR count). The summed E-state index contributed by atoms with van der Waals surface area (Å²) in [7, 11) is 0. The Balaban J connectivity index is 1.82. The summed E-state index contributed by atoms with van der Waals surface area (Å²) in [4.78, 5) is 14.7. The number of fused-ring (bicyclic) bond motifs is 1. The normalized spacial score (nSPS) is 10.9. The highest BCUT2D eigenvalue weighted by Gasteiger charge is 2.13. The lowest BCUT2D eigenvalue weighted by molar-refractivity contribution is 0.317. The third-order valence-electron chi connectivity index (χ3n) is 3.18. The van der Waals surface area contributed by atoms with Gasteiger partial charge in [-0.05, 0) is 19.1 Å². The highest BCUT2D eigenvalue weighted by molar-refractivity contribution is 5.43. The maximum Gasteiger partial charge on any atom is 0.258 e. The number of hydrogen-bond acceptors (Lipinski definition) is 4. The SMILES string of the molecule is Cc1cc2[nH]c(=O)c(CCOc3ccccc3)c(O)n2n1. The van der Waals surface area contributed by atoms with Crippen LogP contribution in [0.4, 0.5) is 0 Å². The van der Waals surface area contributed by atoms with Crippen LogP contribution in [-0.2, 0) is 6.42 Å². The van der Waals surface area contributed by atoms with E-state index in [4.69, 9.17) is 4.74 Å². The zero-order valence-corrected chi connectivity index (χ0v) is 11.5. The van der Waals surface area contributed by atoms with Gasteiger partial charge in [-0.2, -0.15) is 9.61 Å². The van der Waals surface area contributed by atoms with E-state index >= 15 is 0 Å². The minimum Gasteiger partial charge on any atom is -0.493 e. The topological polar surface area (TPSA) is 79.6 Å². The van der Waals surface area contributed by atoms with Gasteiger partial charge >= 0.3 is 0 Å². The molecule has 0 aliphatic carbocycles. The molecule has 21 heavy (non-hydrogen) atoms. The molecule has 6 nitrogen and oxygen atoms in total. The van der Waals surface area contributed by atoms with Crippen molar-refractivity contribution in [1.29, 1.82) is 0 Å². The lowest BCUT2D eigenvalue weighted by Gasteiger charge is -2.07. The standard InChI is InChI=1S/C15H15N3O3/c1-10-9-13-16-14(19)12(15(20)18(13)17-10)7-8-21-11-5-3-2-4-6-11/h2-6,9,20H,7-8H2,1H3,(H,16,19). The summed E-state index contributed by atoms with van der Waals surface area (Å²) in [5, 5.41) is 14.3. The smallest absolute Gasteiger partial charge is 0.258 e. The second kappa shape index (κ2) is 5.32. The molecule has 2 aromatic heterocycles. The van der Waals surface area contributed by atoms with Crippen molar-refractivity contribution in [2.45, 2.75) is 13.3 Å². The van der Waals surface area contributed by atoms with Crippen LogP contribution in [-0.4, -0.2) is 26.3 Å². The van der Waals surface area contributed by atoms with E-state index in [1.54, 1.807) is 13.0 Å². The van der Waals surface area contributed by atoms with Crippen LogP contribution >= 0.6 is 0 Å². The molecular weight excluding hydrogens is 270 g/mol. The first-order valence-electron chi connectivity index (χ1n) is 6.63. The Morgan fingerprint density at radius 3 is 2.86 bits per heavy atom. The van der Waals surface area contributed by atoms with Crippen molar-refractivity contribution in [3.63, 3.8) is 0 Å². The van der Waals surface area contributed by atoms with Crippen molar-refractivity contribution in [2.24, 2.45) is 0 Å². The van der Waals surface area contributed by atoms with Gasteiger partial charge < -0.3 is 14.8 Å². The van der Waals surface area contributed by atoms with E-state index in [0.717, 1.165) is 11.4 Å². The Labute approximate surface area is 120 Å². The van der Waals surface area contributed by atoms with Crippen LogP contribution in [0.2, 0.25) is 0 Å². The van der Waals surface area contributed by atoms with Gasteiger partial charge in [0.1, 0.15) is 11.4 Å². The predicted octanol–water partition coefficient (Wildman–Crippen LogP) is 1.66. The van der Waals surface area contributed by atoms with Crippen LogP contribution in [0.1, 0.15) is 11.3 Å². The molecule has 3 aromatic rings. The molecule has 0 bridgehead atoms. The molecule has 0 amide bonds. The number of hydrogen-bond donors (Lipinski definition) is 2. The van der Waals surface area contributed by atoms with Crippen LogP contribution < -0.4 is 10.3 Å². The molecular formula is C15H15N3O3. The third-order valence-corrected chi connectivity index (χ3v) is 3.18. The van der Waals surface area contributed by atoms with E-state index in [-0.39, 0.29) is 17.0 Å². The maximum atomic E-state index is 12.0. The van der Waals surface area contributed by atoms with Crippen molar-refractivity contribution in [1.82, 2.24) is 14.6 Å². The van der Waals surface area contributed by atoms with E-state index in [0.29, 0.717) is 18.7 Å². The third kappa shape index (κ3) is 2.60. The van der Waals surface area contributed by atoms with Crippen molar-refractivity contribution >= 4 is 5.65 Å². The number of ether oxygens (including phenoxy) is 1. The van der Waals surface area contributed by atoms with E-state index in [2.05, 4.69) is 10.1 Å². The van der Waals surface area contributed by atoms with Crippen LogP contribution in [0.5, 0.6) is 11.6 Å². The molecule has 0 saturated heterocycles. The first-order chi connectivity index (χ1) is 10.1. The highest BCUT2D eigenvalue weighted by Crippen LogP contribution is 2.16. The van der Waals surface area contributed by atoms with Crippen molar-refractivity contribution in [3.05, 3.63) is 58.0 Å². The molecule has 108 valence electrons. The Bertz CT molecular complexity index is 821. The second-order valence-electron chi connectivity index (χ2n) is 4.75. The van der Waals surface area contributed by atoms with E-state index in [1.807, 2.05) is 30.3 Å². The summed E-state index contributed by atoms with van der Waals surface area (Å²) in [6.07, 6.45) is 0.297. The molecule has 0 saturated carbocycles. The monoisotopic (exact) mass is 285 g/mol. The van der Waals surface area contributed by atoms with Gasteiger partial charge in [0.2, 0.25) is 5.88 Å².